The topological polar surface area (TPSA) is 9.23 Å². The summed E-state index contributed by atoms with van der Waals surface area (Å²) in [7, 11) is 0. The Labute approximate surface area is 132 Å². The van der Waals surface area contributed by atoms with Gasteiger partial charge in [-0.1, -0.05) is 29.8 Å². The van der Waals surface area contributed by atoms with Gasteiger partial charge in [0.25, 0.3) is 0 Å². The molecule has 124 valence electrons. The van der Waals surface area contributed by atoms with E-state index < -0.39 is 30.1 Å². The highest BCUT2D eigenvalue weighted by Crippen LogP contribution is 2.36. The van der Waals surface area contributed by atoms with E-state index in [-0.39, 0.29) is 16.3 Å². The van der Waals surface area contributed by atoms with Crippen molar-refractivity contribution in [2.45, 2.75) is 19.0 Å². The quantitative estimate of drug-likeness (QED) is 0.618. The third-order valence-electron chi connectivity index (χ3n) is 2.96. The van der Waals surface area contributed by atoms with E-state index in [0.29, 0.717) is 6.07 Å². The summed E-state index contributed by atoms with van der Waals surface area (Å²) in [6.07, 6.45) is -9.19. The molecule has 2 aromatic rings. The third kappa shape index (κ3) is 4.31. The van der Waals surface area contributed by atoms with E-state index in [4.69, 9.17) is 16.3 Å². The summed E-state index contributed by atoms with van der Waals surface area (Å²) >= 11 is 5.73. The average Bonchev–Trinajstić information content (AvgIpc) is 2.44. The van der Waals surface area contributed by atoms with E-state index >= 15 is 0 Å². The molecule has 0 aliphatic rings. The second-order valence-electron chi connectivity index (χ2n) is 4.59. The molecule has 0 aromatic heterocycles. The number of ether oxygens (including phenoxy) is 1. The minimum Gasteiger partial charge on any atom is -0.487 e. The van der Waals surface area contributed by atoms with Crippen molar-refractivity contribution in [3.05, 3.63) is 64.2 Å². The lowest BCUT2D eigenvalue weighted by Gasteiger charge is -2.15. The fourth-order valence-electron chi connectivity index (χ4n) is 1.87. The highest BCUT2D eigenvalue weighted by molar-refractivity contribution is 6.32. The van der Waals surface area contributed by atoms with Gasteiger partial charge in [-0.3, -0.25) is 0 Å². The first-order valence-corrected chi connectivity index (χ1v) is 6.61. The SMILES string of the molecule is FC(F)(F)c1ccc(Cl)c(OCc2ccccc2C(F)(F)F)c1. The van der Waals surface area contributed by atoms with Crippen LogP contribution < -0.4 is 4.74 Å². The maximum Gasteiger partial charge on any atom is 0.416 e. The Balaban J connectivity index is 2.26. The van der Waals surface area contributed by atoms with E-state index in [2.05, 4.69) is 0 Å². The van der Waals surface area contributed by atoms with Crippen LogP contribution >= 0.6 is 11.6 Å². The molecule has 0 spiro atoms. The lowest BCUT2D eigenvalue weighted by Crippen LogP contribution is -2.11. The molecule has 0 heterocycles. The van der Waals surface area contributed by atoms with Gasteiger partial charge in [0.1, 0.15) is 12.4 Å². The van der Waals surface area contributed by atoms with Crippen LogP contribution in [0.15, 0.2) is 42.5 Å². The van der Waals surface area contributed by atoms with Crippen molar-refractivity contribution < 1.29 is 31.1 Å². The highest BCUT2D eigenvalue weighted by atomic mass is 35.5. The summed E-state index contributed by atoms with van der Waals surface area (Å²) in [6.45, 7) is -0.559. The predicted molar refractivity (Wildman–Crippen MR) is 72.2 cm³/mol. The standard InChI is InChI=1S/C15H9ClF6O/c16-12-6-5-10(14(17,18)19)7-13(12)23-8-9-3-1-2-4-11(9)15(20,21)22/h1-7H,8H2. The Morgan fingerprint density at radius 3 is 2.13 bits per heavy atom. The number of hydrogen-bond donors (Lipinski definition) is 0. The lowest BCUT2D eigenvalue weighted by molar-refractivity contribution is -0.138. The summed E-state index contributed by atoms with van der Waals surface area (Å²) in [5, 5.41) is -0.123. The van der Waals surface area contributed by atoms with Gasteiger partial charge in [0.15, 0.2) is 0 Å². The number of halogens is 7. The van der Waals surface area contributed by atoms with E-state index in [1.807, 2.05) is 0 Å². The molecule has 0 N–H and O–H groups in total. The van der Waals surface area contributed by atoms with Gasteiger partial charge in [0.2, 0.25) is 0 Å². The number of hydrogen-bond acceptors (Lipinski definition) is 1. The molecule has 0 atom stereocenters. The van der Waals surface area contributed by atoms with Crippen LogP contribution in [0.4, 0.5) is 26.3 Å². The zero-order valence-corrected chi connectivity index (χ0v) is 12.1. The Hall–Kier alpha value is -1.89. The molecular weight excluding hydrogens is 346 g/mol. The monoisotopic (exact) mass is 354 g/mol. The van der Waals surface area contributed by atoms with Crippen molar-refractivity contribution >= 4 is 11.6 Å². The normalized spacial score (nSPS) is 12.3. The molecule has 0 bridgehead atoms. The van der Waals surface area contributed by atoms with Crippen LogP contribution in [-0.2, 0) is 19.0 Å². The van der Waals surface area contributed by atoms with Crippen molar-refractivity contribution in [1.29, 1.82) is 0 Å². The summed E-state index contributed by atoms with van der Waals surface area (Å²) in [5.41, 5.74) is -2.11. The smallest absolute Gasteiger partial charge is 0.416 e. The van der Waals surface area contributed by atoms with Crippen LogP contribution in [-0.4, -0.2) is 0 Å². The summed E-state index contributed by atoms with van der Waals surface area (Å²) < 4.78 is 81.5. The second kappa shape index (κ2) is 6.31. The molecule has 0 aliphatic carbocycles. The number of rotatable bonds is 3. The van der Waals surface area contributed by atoms with E-state index in [0.717, 1.165) is 18.2 Å². The van der Waals surface area contributed by atoms with E-state index in [1.54, 1.807) is 0 Å². The van der Waals surface area contributed by atoms with Gasteiger partial charge in [-0.05, 0) is 24.3 Å². The van der Waals surface area contributed by atoms with Gasteiger partial charge in [-0.15, -0.1) is 0 Å². The molecule has 2 rings (SSSR count). The maximum atomic E-state index is 12.8. The molecule has 2 aromatic carbocycles. The molecule has 0 aliphatic heterocycles. The van der Waals surface area contributed by atoms with Gasteiger partial charge < -0.3 is 4.74 Å². The molecule has 0 saturated carbocycles. The van der Waals surface area contributed by atoms with Crippen LogP contribution in [0.5, 0.6) is 5.75 Å². The van der Waals surface area contributed by atoms with Gasteiger partial charge in [0, 0.05) is 5.56 Å². The van der Waals surface area contributed by atoms with Gasteiger partial charge in [-0.25, -0.2) is 0 Å². The van der Waals surface area contributed by atoms with Gasteiger partial charge >= 0.3 is 12.4 Å². The zero-order chi connectivity index (χ0) is 17.3. The minimum atomic E-state index is -4.60. The lowest BCUT2D eigenvalue weighted by atomic mass is 10.1. The summed E-state index contributed by atoms with van der Waals surface area (Å²) in [4.78, 5) is 0. The Bertz CT molecular complexity index is 693. The van der Waals surface area contributed by atoms with Crippen LogP contribution in [0.1, 0.15) is 16.7 Å². The first-order chi connectivity index (χ1) is 10.6. The van der Waals surface area contributed by atoms with Crippen molar-refractivity contribution in [3.8, 4) is 5.75 Å². The molecule has 0 radical (unpaired) electrons. The van der Waals surface area contributed by atoms with Crippen molar-refractivity contribution in [2.24, 2.45) is 0 Å². The molecule has 1 nitrogen and oxygen atoms in total. The van der Waals surface area contributed by atoms with Gasteiger partial charge in [-0.2, -0.15) is 26.3 Å². The van der Waals surface area contributed by atoms with Crippen LogP contribution in [0.3, 0.4) is 0 Å². The van der Waals surface area contributed by atoms with Crippen LogP contribution in [0.25, 0.3) is 0 Å². The Kier molecular flexibility index (Phi) is 4.79. The molecule has 0 saturated heterocycles. The zero-order valence-electron chi connectivity index (χ0n) is 11.3. The molecule has 0 amide bonds. The predicted octanol–water partition coefficient (Wildman–Crippen LogP) is 5.96. The molecule has 23 heavy (non-hydrogen) atoms. The fourth-order valence-corrected chi connectivity index (χ4v) is 2.04. The highest BCUT2D eigenvalue weighted by Gasteiger charge is 2.33. The minimum absolute atomic E-state index is 0.123. The maximum absolute atomic E-state index is 12.8. The molecule has 8 heteroatoms. The molecule has 0 fully saturated rings. The molecular formula is C15H9ClF6O. The largest absolute Gasteiger partial charge is 0.487 e. The summed E-state index contributed by atoms with van der Waals surface area (Å²) in [6, 6.07) is 7.04. The van der Waals surface area contributed by atoms with Crippen molar-refractivity contribution in [1.82, 2.24) is 0 Å². The van der Waals surface area contributed by atoms with Gasteiger partial charge in [0.05, 0.1) is 16.1 Å². The number of alkyl halides is 6. The second-order valence-corrected chi connectivity index (χ2v) is 4.99. The number of benzene rings is 2. The summed E-state index contributed by atoms with van der Waals surface area (Å²) in [5.74, 6) is -0.335. The van der Waals surface area contributed by atoms with E-state index in [1.165, 1.54) is 18.2 Å². The van der Waals surface area contributed by atoms with E-state index in [9.17, 15) is 26.3 Å². The fraction of sp³-hybridized carbons (Fsp3) is 0.200. The first-order valence-electron chi connectivity index (χ1n) is 6.23. The first kappa shape index (κ1) is 17.5. The Morgan fingerprint density at radius 2 is 1.52 bits per heavy atom. The molecule has 0 unspecified atom stereocenters. The third-order valence-corrected chi connectivity index (χ3v) is 3.28. The Morgan fingerprint density at radius 1 is 0.870 bits per heavy atom. The average molecular weight is 355 g/mol. The van der Waals surface area contributed by atoms with Crippen molar-refractivity contribution in [2.75, 3.05) is 0 Å². The van der Waals surface area contributed by atoms with Crippen molar-refractivity contribution in [3.63, 3.8) is 0 Å². The van der Waals surface area contributed by atoms with Crippen LogP contribution in [0, 0.1) is 0 Å². The van der Waals surface area contributed by atoms with Crippen LogP contribution in [0.2, 0.25) is 5.02 Å².